The maximum absolute atomic E-state index is 14.0. The predicted molar refractivity (Wildman–Crippen MR) is 158 cm³/mol. The van der Waals surface area contributed by atoms with Crippen LogP contribution < -0.4 is 20.7 Å². The zero-order valence-electron chi connectivity index (χ0n) is 23.6. The van der Waals surface area contributed by atoms with E-state index in [4.69, 9.17) is 19.7 Å². The topological polar surface area (TPSA) is 191 Å². The molecule has 0 saturated carbocycles. The van der Waals surface area contributed by atoms with Gasteiger partial charge in [-0.15, -0.1) is 5.10 Å². The van der Waals surface area contributed by atoms with Crippen molar-refractivity contribution >= 4 is 34.4 Å². The molecule has 0 bridgehead atoms. The summed E-state index contributed by atoms with van der Waals surface area (Å²) >= 11 is 0. The van der Waals surface area contributed by atoms with Crippen molar-refractivity contribution in [3.63, 3.8) is 0 Å². The third-order valence-corrected chi connectivity index (χ3v) is 7.40. The van der Waals surface area contributed by atoms with E-state index in [1.54, 1.807) is 65.6 Å². The summed E-state index contributed by atoms with van der Waals surface area (Å²) in [6.45, 7) is -0.0956. The average Bonchev–Trinajstić information content (AvgIpc) is 3.67. The number of amides is 2. The highest BCUT2D eigenvalue weighted by Gasteiger charge is 2.47. The van der Waals surface area contributed by atoms with Gasteiger partial charge < -0.3 is 35.3 Å². The Bertz CT molecular complexity index is 1840. The number of phenolic OH excluding ortho intramolecular Hbond substituents is 1. The number of aromatic nitrogens is 4. The maximum Gasteiger partial charge on any atom is 0.260 e. The first kappa shape index (κ1) is 28.6. The summed E-state index contributed by atoms with van der Waals surface area (Å²) in [5.41, 5.74) is 5.59. The van der Waals surface area contributed by atoms with Crippen LogP contribution in [0.3, 0.4) is 0 Å². The molecule has 0 spiro atoms. The highest BCUT2D eigenvalue weighted by atomic mass is 16.5. The second-order valence-electron chi connectivity index (χ2n) is 10.3. The number of nitrogen functional groups attached to an aromatic ring is 1. The molecule has 2 amide bonds. The minimum Gasteiger partial charge on any atom is -0.507 e. The molecule has 0 aliphatic carbocycles. The second-order valence-corrected chi connectivity index (χ2v) is 10.3. The number of benzene rings is 2. The van der Waals surface area contributed by atoms with Gasteiger partial charge in [0.05, 0.1) is 43.4 Å². The summed E-state index contributed by atoms with van der Waals surface area (Å²) in [6.07, 6.45) is 1.78. The van der Waals surface area contributed by atoms with E-state index in [9.17, 15) is 19.8 Å². The highest BCUT2D eigenvalue weighted by molar-refractivity contribution is 5.98. The number of phenols is 1. The number of nitrogens with two attached hydrogens (primary N) is 1. The van der Waals surface area contributed by atoms with Gasteiger partial charge in [0.25, 0.3) is 11.8 Å². The Balaban J connectivity index is 1.29. The van der Waals surface area contributed by atoms with Gasteiger partial charge in [-0.25, -0.2) is 9.67 Å². The van der Waals surface area contributed by atoms with Gasteiger partial charge in [0.2, 0.25) is 5.88 Å². The van der Waals surface area contributed by atoms with Crippen molar-refractivity contribution in [2.24, 2.45) is 0 Å². The minimum atomic E-state index is -1.93. The Morgan fingerprint density at radius 2 is 2.05 bits per heavy atom. The minimum absolute atomic E-state index is 0.0178. The number of pyridine rings is 1. The summed E-state index contributed by atoms with van der Waals surface area (Å²) in [5, 5.41) is 33.9. The second kappa shape index (κ2) is 11.7. The number of anilines is 2. The molecule has 0 unspecified atom stereocenters. The summed E-state index contributed by atoms with van der Waals surface area (Å²) in [5.74, 6) is -0.421. The number of para-hydroxylation sites is 1. The summed E-state index contributed by atoms with van der Waals surface area (Å²) in [7, 11) is 1.51. The number of rotatable bonds is 9. The lowest BCUT2D eigenvalue weighted by atomic mass is 9.86. The molecular weight excluding hydrogens is 570 g/mol. The van der Waals surface area contributed by atoms with Crippen LogP contribution in [0.4, 0.5) is 11.6 Å². The van der Waals surface area contributed by atoms with Crippen LogP contribution in [-0.4, -0.2) is 80.5 Å². The fourth-order valence-corrected chi connectivity index (χ4v) is 5.16. The number of hydrogen-bond acceptors (Lipinski definition) is 11. The molecule has 1 aliphatic heterocycles. The SMILES string of the molecule is COc1cc(-n2ccc(N3CCO[C@H]([C@](O)(CNC(=O)c4ccccc4O)Cc4ccc5c(N)noc5c4)C3=O)n2)ccn1. The van der Waals surface area contributed by atoms with E-state index in [0.29, 0.717) is 33.9 Å². The monoisotopic (exact) mass is 599 g/mol. The van der Waals surface area contributed by atoms with Gasteiger partial charge in [0.15, 0.2) is 23.3 Å². The molecule has 1 saturated heterocycles. The third kappa shape index (κ3) is 5.50. The van der Waals surface area contributed by atoms with Crippen LogP contribution in [0, 0.1) is 0 Å². The van der Waals surface area contributed by atoms with E-state index < -0.39 is 23.5 Å². The molecule has 14 heteroatoms. The number of methoxy groups -OCH3 is 1. The Morgan fingerprint density at radius 3 is 2.86 bits per heavy atom. The van der Waals surface area contributed by atoms with Gasteiger partial charge in [-0.3, -0.25) is 14.5 Å². The molecule has 44 heavy (non-hydrogen) atoms. The highest BCUT2D eigenvalue weighted by Crippen LogP contribution is 2.29. The molecule has 3 aromatic heterocycles. The van der Waals surface area contributed by atoms with Crippen LogP contribution in [-0.2, 0) is 16.0 Å². The Labute approximate surface area is 250 Å². The number of aliphatic hydroxyl groups is 1. The number of aromatic hydroxyl groups is 1. The van der Waals surface area contributed by atoms with Crippen molar-refractivity contribution in [2.75, 3.05) is 37.4 Å². The smallest absolute Gasteiger partial charge is 0.260 e. The van der Waals surface area contributed by atoms with Gasteiger partial charge in [-0.1, -0.05) is 23.4 Å². The van der Waals surface area contributed by atoms with Gasteiger partial charge in [0, 0.05) is 30.9 Å². The van der Waals surface area contributed by atoms with Gasteiger partial charge in [0.1, 0.15) is 11.4 Å². The van der Waals surface area contributed by atoms with Crippen LogP contribution in [0.1, 0.15) is 15.9 Å². The number of carbonyl (C=O) groups excluding carboxylic acids is 2. The molecular formula is C30H29N7O7. The van der Waals surface area contributed by atoms with Crippen LogP contribution in [0.25, 0.3) is 16.7 Å². The first-order chi connectivity index (χ1) is 21.3. The van der Waals surface area contributed by atoms with Crippen molar-refractivity contribution in [2.45, 2.75) is 18.1 Å². The number of nitrogens with zero attached hydrogens (tertiary/aromatic N) is 5. The number of nitrogens with one attached hydrogen (secondary N) is 1. The number of morpholine rings is 1. The molecule has 0 radical (unpaired) electrons. The van der Waals surface area contributed by atoms with Gasteiger partial charge in [-0.2, -0.15) is 0 Å². The van der Waals surface area contributed by atoms with Crippen LogP contribution in [0.15, 0.2) is 77.6 Å². The molecule has 6 rings (SSSR count). The molecule has 226 valence electrons. The zero-order valence-corrected chi connectivity index (χ0v) is 23.6. The van der Waals surface area contributed by atoms with E-state index in [2.05, 4.69) is 20.6 Å². The van der Waals surface area contributed by atoms with Gasteiger partial charge >= 0.3 is 0 Å². The molecule has 2 atom stereocenters. The molecule has 4 heterocycles. The Morgan fingerprint density at radius 1 is 1.20 bits per heavy atom. The zero-order chi connectivity index (χ0) is 30.8. The molecule has 5 aromatic rings. The standard InChI is InChI=1S/C30H29N7O7/c1-42-25-15-19(8-10-32-25)37-11-9-24(34-37)36-12-13-43-26(29(36)40)30(41,17-33-28(39)20-4-2-3-5-22(20)38)16-18-6-7-21-23(14-18)44-35-27(21)31/h2-11,14-15,26,38,41H,12-13,16-17H2,1H3,(H2,31,35)(H,33,39)/t26-,30+/m0/s1. The first-order valence-corrected chi connectivity index (χ1v) is 13.7. The molecule has 1 fully saturated rings. The van der Waals surface area contributed by atoms with E-state index in [1.165, 1.54) is 24.1 Å². The molecule has 2 aromatic carbocycles. The fourth-order valence-electron chi connectivity index (χ4n) is 5.16. The van der Waals surface area contributed by atoms with Crippen LogP contribution in [0.2, 0.25) is 0 Å². The lowest BCUT2D eigenvalue weighted by molar-refractivity contribution is -0.157. The van der Waals surface area contributed by atoms with E-state index in [1.807, 2.05) is 0 Å². The summed E-state index contributed by atoms with van der Waals surface area (Å²) in [6, 6.07) is 16.2. The first-order valence-electron chi connectivity index (χ1n) is 13.7. The normalized spacial score (nSPS) is 16.5. The van der Waals surface area contributed by atoms with E-state index in [0.717, 1.165) is 0 Å². The van der Waals surface area contributed by atoms with Crippen molar-refractivity contribution in [1.82, 2.24) is 25.2 Å². The molecule has 14 nitrogen and oxygen atoms in total. The van der Waals surface area contributed by atoms with Crippen molar-refractivity contribution in [3.05, 3.63) is 84.2 Å². The summed E-state index contributed by atoms with van der Waals surface area (Å²) < 4.78 is 18.0. The third-order valence-electron chi connectivity index (χ3n) is 7.40. The Kier molecular flexibility index (Phi) is 7.59. The number of ether oxygens (including phenoxy) is 2. The Hall–Kier alpha value is -5.47. The van der Waals surface area contributed by atoms with E-state index >= 15 is 0 Å². The van der Waals surface area contributed by atoms with Gasteiger partial charge in [-0.05, 0) is 35.9 Å². The number of hydrogen-bond donors (Lipinski definition) is 4. The van der Waals surface area contributed by atoms with E-state index in [-0.39, 0.29) is 43.2 Å². The lowest BCUT2D eigenvalue weighted by Gasteiger charge is -2.40. The fraction of sp³-hybridized carbons (Fsp3) is 0.233. The maximum atomic E-state index is 14.0. The molecule has 5 N–H and O–H groups in total. The average molecular weight is 600 g/mol. The molecule has 1 aliphatic rings. The van der Waals surface area contributed by atoms with Crippen LogP contribution >= 0.6 is 0 Å². The summed E-state index contributed by atoms with van der Waals surface area (Å²) in [4.78, 5) is 32.5. The van der Waals surface area contributed by atoms with Crippen LogP contribution in [0.5, 0.6) is 11.6 Å². The predicted octanol–water partition coefficient (Wildman–Crippen LogP) is 1.84. The van der Waals surface area contributed by atoms with Crippen molar-refractivity contribution in [3.8, 4) is 17.3 Å². The largest absolute Gasteiger partial charge is 0.507 e. The quantitative estimate of drug-likeness (QED) is 0.193. The lowest BCUT2D eigenvalue weighted by Crippen LogP contribution is -2.63. The van der Waals surface area contributed by atoms with Crippen molar-refractivity contribution < 1.29 is 33.8 Å². The number of carbonyl (C=O) groups is 2. The van der Waals surface area contributed by atoms with Crippen molar-refractivity contribution in [1.29, 1.82) is 0 Å². The number of fused-ring (bicyclic) bond motifs is 1.